The molecule has 2 N–H and O–H groups in total. The zero-order valence-electron chi connectivity index (χ0n) is 13.6. The topological polar surface area (TPSA) is 70.7 Å². The van der Waals surface area contributed by atoms with E-state index in [2.05, 4.69) is 10.6 Å². The number of nitrogens with zero attached hydrogens (tertiary/aromatic N) is 1. The third-order valence-corrected chi connectivity index (χ3v) is 4.03. The molecule has 3 rings (SSSR count). The van der Waals surface area contributed by atoms with Gasteiger partial charge in [0.15, 0.2) is 0 Å². The quantitative estimate of drug-likeness (QED) is 0.907. The summed E-state index contributed by atoms with van der Waals surface area (Å²) in [5, 5.41) is 5.59. The van der Waals surface area contributed by atoms with E-state index in [-0.39, 0.29) is 11.9 Å². The first-order chi connectivity index (χ1) is 11.6. The molecule has 6 heteroatoms. The molecule has 1 heterocycles. The number of methoxy groups -OCH3 is 1. The largest absolute Gasteiger partial charge is 0.497 e. The fourth-order valence-electron chi connectivity index (χ4n) is 2.65. The van der Waals surface area contributed by atoms with Crippen LogP contribution in [0, 0.1) is 0 Å². The van der Waals surface area contributed by atoms with Crippen LogP contribution in [0.25, 0.3) is 0 Å². The fraction of sp³-hybridized carbons (Fsp3) is 0.222. The summed E-state index contributed by atoms with van der Waals surface area (Å²) < 4.78 is 5.10. The van der Waals surface area contributed by atoms with Gasteiger partial charge in [0.2, 0.25) is 5.91 Å². The molecule has 3 amide bonds. The lowest BCUT2D eigenvalue weighted by Crippen LogP contribution is -2.28. The first kappa shape index (κ1) is 15.9. The third kappa shape index (κ3) is 3.32. The Balaban J connectivity index is 1.57. The number of benzene rings is 2. The fourth-order valence-corrected chi connectivity index (χ4v) is 2.65. The molecule has 0 fully saturated rings. The van der Waals surface area contributed by atoms with Crippen molar-refractivity contribution in [2.45, 2.75) is 13.0 Å². The number of carbonyl (C=O) groups is 2. The van der Waals surface area contributed by atoms with E-state index in [0.717, 1.165) is 22.6 Å². The summed E-state index contributed by atoms with van der Waals surface area (Å²) in [5.74, 6) is 0.840. The highest BCUT2D eigenvalue weighted by atomic mass is 16.5. The molecule has 2 aromatic carbocycles. The number of carbonyl (C=O) groups excluding carboxylic acids is 2. The Hall–Kier alpha value is -3.02. The van der Waals surface area contributed by atoms with Crippen LogP contribution >= 0.6 is 0 Å². The Morgan fingerprint density at radius 3 is 2.67 bits per heavy atom. The monoisotopic (exact) mass is 325 g/mol. The number of urea groups is 1. The lowest BCUT2D eigenvalue weighted by Gasteiger charge is -2.12. The number of ether oxygens (including phenoxy) is 1. The molecule has 0 spiro atoms. The second kappa shape index (κ2) is 6.62. The zero-order valence-corrected chi connectivity index (χ0v) is 13.6. The van der Waals surface area contributed by atoms with Crippen LogP contribution in [0.4, 0.5) is 16.2 Å². The molecule has 0 saturated carbocycles. The van der Waals surface area contributed by atoms with Gasteiger partial charge in [0, 0.05) is 25.0 Å². The minimum atomic E-state index is -0.288. The first-order valence-corrected chi connectivity index (χ1v) is 7.64. The predicted molar refractivity (Wildman–Crippen MR) is 92.4 cm³/mol. The van der Waals surface area contributed by atoms with E-state index in [1.807, 2.05) is 36.4 Å². The Bertz CT molecular complexity index is 772. The van der Waals surface area contributed by atoms with Gasteiger partial charge >= 0.3 is 6.03 Å². The predicted octanol–water partition coefficient (Wildman–Crippen LogP) is 2.54. The standard InChI is InChI=1S/C18H19N3O3/c1-21-16-8-5-14(9-13(16)10-17(21)22)20-18(23)19-11-12-3-6-15(24-2)7-4-12/h3-9H,10-11H2,1-2H3,(H2,19,20,23). The highest BCUT2D eigenvalue weighted by molar-refractivity contribution is 6.01. The summed E-state index contributed by atoms with van der Waals surface area (Å²) in [6, 6.07) is 12.7. The van der Waals surface area contributed by atoms with Crippen molar-refractivity contribution in [3.05, 3.63) is 53.6 Å². The maximum Gasteiger partial charge on any atom is 0.319 e. The van der Waals surface area contributed by atoms with Gasteiger partial charge in [-0.25, -0.2) is 4.79 Å². The zero-order chi connectivity index (χ0) is 17.1. The summed E-state index contributed by atoms with van der Waals surface area (Å²) in [4.78, 5) is 25.3. The summed E-state index contributed by atoms with van der Waals surface area (Å²) in [6.07, 6.45) is 0.370. The van der Waals surface area contributed by atoms with Crippen LogP contribution < -0.4 is 20.3 Å². The molecule has 0 radical (unpaired) electrons. The lowest BCUT2D eigenvalue weighted by atomic mass is 10.1. The van der Waals surface area contributed by atoms with Crippen molar-refractivity contribution < 1.29 is 14.3 Å². The van der Waals surface area contributed by atoms with Gasteiger partial charge in [-0.1, -0.05) is 12.1 Å². The molecule has 0 aliphatic carbocycles. The number of amides is 3. The second-order valence-corrected chi connectivity index (χ2v) is 5.63. The van der Waals surface area contributed by atoms with Gasteiger partial charge in [0.1, 0.15) is 5.75 Å². The summed E-state index contributed by atoms with van der Waals surface area (Å²) >= 11 is 0. The molecule has 1 aliphatic heterocycles. The number of anilines is 2. The molecule has 6 nitrogen and oxygen atoms in total. The molecule has 0 aromatic heterocycles. The molecule has 0 unspecified atom stereocenters. The van der Waals surface area contributed by atoms with E-state index in [0.29, 0.717) is 18.7 Å². The number of fused-ring (bicyclic) bond motifs is 1. The lowest BCUT2D eigenvalue weighted by molar-refractivity contribution is -0.117. The number of rotatable bonds is 4. The van der Waals surface area contributed by atoms with Crippen molar-refractivity contribution in [2.75, 3.05) is 24.4 Å². The van der Waals surface area contributed by atoms with Crippen LogP contribution in [0.15, 0.2) is 42.5 Å². The van der Waals surface area contributed by atoms with Gasteiger partial charge in [-0.2, -0.15) is 0 Å². The summed E-state index contributed by atoms with van der Waals surface area (Å²) in [7, 11) is 3.37. The summed E-state index contributed by atoms with van der Waals surface area (Å²) in [6.45, 7) is 0.419. The van der Waals surface area contributed by atoms with E-state index in [4.69, 9.17) is 4.74 Å². The average molecular weight is 325 g/mol. The average Bonchev–Trinajstić information content (AvgIpc) is 2.87. The van der Waals surface area contributed by atoms with Crippen LogP contribution in [0.1, 0.15) is 11.1 Å². The highest BCUT2D eigenvalue weighted by Crippen LogP contribution is 2.29. The van der Waals surface area contributed by atoms with Crippen LogP contribution in [0.2, 0.25) is 0 Å². The van der Waals surface area contributed by atoms with Crippen molar-refractivity contribution in [1.82, 2.24) is 5.32 Å². The number of likely N-dealkylation sites (N-methyl/N-ethyl adjacent to an activating group) is 1. The van der Waals surface area contributed by atoms with E-state index in [9.17, 15) is 9.59 Å². The Morgan fingerprint density at radius 2 is 1.96 bits per heavy atom. The number of hydrogen-bond acceptors (Lipinski definition) is 3. The molecular weight excluding hydrogens is 306 g/mol. The Morgan fingerprint density at radius 1 is 1.21 bits per heavy atom. The van der Waals surface area contributed by atoms with E-state index in [1.165, 1.54) is 0 Å². The van der Waals surface area contributed by atoms with Crippen molar-refractivity contribution in [1.29, 1.82) is 0 Å². The highest BCUT2D eigenvalue weighted by Gasteiger charge is 2.23. The van der Waals surface area contributed by atoms with E-state index < -0.39 is 0 Å². The molecule has 2 aromatic rings. The van der Waals surface area contributed by atoms with Gasteiger partial charge in [-0.3, -0.25) is 4.79 Å². The summed E-state index contributed by atoms with van der Waals surface area (Å²) in [5.41, 5.74) is 3.47. The maximum absolute atomic E-state index is 12.0. The van der Waals surface area contributed by atoms with Gasteiger partial charge in [-0.05, 0) is 41.5 Å². The SMILES string of the molecule is COc1ccc(CNC(=O)Nc2ccc3c(c2)CC(=O)N3C)cc1. The Labute approximate surface area is 140 Å². The van der Waals surface area contributed by atoms with E-state index in [1.54, 1.807) is 25.1 Å². The molecular formula is C18H19N3O3. The Kier molecular flexibility index (Phi) is 4.37. The van der Waals surface area contributed by atoms with Gasteiger partial charge in [0.25, 0.3) is 0 Å². The molecule has 24 heavy (non-hydrogen) atoms. The smallest absolute Gasteiger partial charge is 0.319 e. The number of hydrogen-bond donors (Lipinski definition) is 2. The maximum atomic E-state index is 12.0. The van der Waals surface area contributed by atoms with Crippen LogP contribution in [0.5, 0.6) is 5.75 Å². The van der Waals surface area contributed by atoms with Gasteiger partial charge < -0.3 is 20.3 Å². The second-order valence-electron chi connectivity index (χ2n) is 5.63. The van der Waals surface area contributed by atoms with Crippen molar-refractivity contribution in [2.24, 2.45) is 0 Å². The molecule has 1 aliphatic rings. The first-order valence-electron chi connectivity index (χ1n) is 7.64. The van der Waals surface area contributed by atoms with Crippen molar-refractivity contribution >= 4 is 23.3 Å². The van der Waals surface area contributed by atoms with Crippen LogP contribution in [-0.2, 0) is 17.8 Å². The van der Waals surface area contributed by atoms with Crippen molar-refractivity contribution in [3.63, 3.8) is 0 Å². The van der Waals surface area contributed by atoms with Gasteiger partial charge in [0.05, 0.1) is 13.5 Å². The normalized spacial score (nSPS) is 12.8. The number of nitrogens with one attached hydrogen (secondary N) is 2. The van der Waals surface area contributed by atoms with Crippen LogP contribution in [0.3, 0.4) is 0 Å². The third-order valence-electron chi connectivity index (χ3n) is 4.03. The van der Waals surface area contributed by atoms with Crippen molar-refractivity contribution in [3.8, 4) is 5.75 Å². The minimum Gasteiger partial charge on any atom is -0.497 e. The minimum absolute atomic E-state index is 0.0612. The van der Waals surface area contributed by atoms with Crippen LogP contribution in [-0.4, -0.2) is 26.1 Å². The molecule has 0 atom stereocenters. The van der Waals surface area contributed by atoms with Gasteiger partial charge in [-0.15, -0.1) is 0 Å². The molecule has 124 valence electrons. The molecule has 0 bridgehead atoms. The molecule has 0 saturated heterocycles. The van der Waals surface area contributed by atoms with E-state index >= 15 is 0 Å².